The Morgan fingerprint density at radius 1 is 1.50 bits per heavy atom. The summed E-state index contributed by atoms with van der Waals surface area (Å²) in [6, 6.07) is 1.77. The van der Waals surface area contributed by atoms with E-state index in [2.05, 4.69) is 4.98 Å². The Hall–Kier alpha value is -2.15. The summed E-state index contributed by atoms with van der Waals surface area (Å²) in [4.78, 5) is 28.1. The molecule has 2 rings (SSSR count). The van der Waals surface area contributed by atoms with Crippen LogP contribution in [-0.2, 0) is 9.53 Å². The Balaban J connectivity index is 2.27. The SMILES string of the molecule is O=C(O)C1COCCN1C(=O)c1ncccc1O. The summed E-state index contributed by atoms with van der Waals surface area (Å²) in [7, 11) is 0. The third-order valence-corrected chi connectivity index (χ3v) is 2.66. The van der Waals surface area contributed by atoms with Crippen LogP contribution in [0.2, 0.25) is 0 Å². The average molecular weight is 252 g/mol. The topological polar surface area (TPSA) is 100.0 Å². The van der Waals surface area contributed by atoms with Crippen molar-refractivity contribution in [3.05, 3.63) is 24.0 Å². The number of carboxylic acids is 1. The molecule has 0 radical (unpaired) electrons. The smallest absolute Gasteiger partial charge is 0.328 e. The fraction of sp³-hybridized carbons (Fsp3) is 0.364. The van der Waals surface area contributed by atoms with Crippen LogP contribution < -0.4 is 0 Å². The number of morpholine rings is 1. The second-order valence-electron chi connectivity index (χ2n) is 3.80. The molecule has 0 aliphatic carbocycles. The Bertz CT molecular complexity index is 476. The Morgan fingerprint density at radius 2 is 2.28 bits per heavy atom. The summed E-state index contributed by atoms with van der Waals surface area (Å²) < 4.78 is 5.03. The van der Waals surface area contributed by atoms with Gasteiger partial charge in [0.05, 0.1) is 13.2 Å². The van der Waals surface area contributed by atoms with Gasteiger partial charge in [-0.3, -0.25) is 4.79 Å². The molecule has 1 aromatic rings. The van der Waals surface area contributed by atoms with Gasteiger partial charge in [0.25, 0.3) is 5.91 Å². The lowest BCUT2D eigenvalue weighted by Crippen LogP contribution is -2.52. The van der Waals surface area contributed by atoms with Crippen molar-refractivity contribution in [3.63, 3.8) is 0 Å². The highest BCUT2D eigenvalue weighted by molar-refractivity contribution is 5.97. The van der Waals surface area contributed by atoms with Crippen molar-refractivity contribution in [1.82, 2.24) is 9.88 Å². The van der Waals surface area contributed by atoms with Crippen molar-refractivity contribution in [1.29, 1.82) is 0 Å². The minimum atomic E-state index is -1.14. The molecule has 2 N–H and O–H groups in total. The van der Waals surface area contributed by atoms with Crippen LogP contribution in [0.25, 0.3) is 0 Å². The molecule has 2 heterocycles. The van der Waals surface area contributed by atoms with Crippen molar-refractivity contribution >= 4 is 11.9 Å². The molecule has 1 saturated heterocycles. The van der Waals surface area contributed by atoms with Crippen LogP contribution in [0.1, 0.15) is 10.5 Å². The monoisotopic (exact) mass is 252 g/mol. The first-order valence-corrected chi connectivity index (χ1v) is 5.36. The van der Waals surface area contributed by atoms with Gasteiger partial charge in [0.2, 0.25) is 0 Å². The molecule has 1 aliphatic heterocycles. The number of ether oxygens (including phenoxy) is 1. The number of aromatic hydroxyl groups is 1. The number of pyridine rings is 1. The highest BCUT2D eigenvalue weighted by Gasteiger charge is 2.34. The number of hydrogen-bond acceptors (Lipinski definition) is 5. The van der Waals surface area contributed by atoms with Gasteiger partial charge < -0.3 is 19.8 Å². The lowest BCUT2D eigenvalue weighted by atomic mass is 10.2. The minimum Gasteiger partial charge on any atom is -0.505 e. The third-order valence-electron chi connectivity index (χ3n) is 2.66. The van der Waals surface area contributed by atoms with Crippen LogP contribution in [0.3, 0.4) is 0 Å². The van der Waals surface area contributed by atoms with Crippen LogP contribution in [0.5, 0.6) is 5.75 Å². The number of nitrogens with zero attached hydrogens (tertiary/aromatic N) is 2. The molecule has 1 aliphatic rings. The molecule has 1 atom stereocenters. The van der Waals surface area contributed by atoms with E-state index in [-0.39, 0.29) is 31.2 Å². The number of rotatable bonds is 2. The maximum Gasteiger partial charge on any atom is 0.328 e. The fourth-order valence-electron chi connectivity index (χ4n) is 1.75. The fourth-order valence-corrected chi connectivity index (χ4v) is 1.75. The number of aromatic nitrogens is 1. The van der Waals surface area contributed by atoms with E-state index in [4.69, 9.17) is 9.84 Å². The molecule has 1 fully saturated rings. The summed E-state index contributed by atoms with van der Waals surface area (Å²) in [5.41, 5.74) is -0.148. The first-order valence-electron chi connectivity index (χ1n) is 5.36. The summed E-state index contributed by atoms with van der Waals surface area (Å²) in [6.07, 6.45) is 1.36. The van der Waals surface area contributed by atoms with Gasteiger partial charge in [-0.2, -0.15) is 0 Å². The molecule has 1 unspecified atom stereocenters. The van der Waals surface area contributed by atoms with E-state index in [1.807, 2.05) is 0 Å². The normalized spacial score (nSPS) is 19.6. The molecular formula is C11H12N2O5. The van der Waals surface area contributed by atoms with E-state index in [1.165, 1.54) is 18.3 Å². The third kappa shape index (κ3) is 2.25. The van der Waals surface area contributed by atoms with Gasteiger partial charge in [-0.15, -0.1) is 0 Å². The van der Waals surface area contributed by atoms with Crippen LogP contribution in [0.4, 0.5) is 0 Å². The van der Waals surface area contributed by atoms with E-state index in [1.54, 1.807) is 0 Å². The Morgan fingerprint density at radius 3 is 2.94 bits per heavy atom. The van der Waals surface area contributed by atoms with Gasteiger partial charge in [0, 0.05) is 12.7 Å². The second-order valence-corrected chi connectivity index (χ2v) is 3.80. The molecule has 0 spiro atoms. The lowest BCUT2D eigenvalue weighted by molar-refractivity contribution is -0.147. The Labute approximate surface area is 103 Å². The molecule has 7 nitrogen and oxygen atoms in total. The van der Waals surface area contributed by atoms with Gasteiger partial charge in [-0.1, -0.05) is 0 Å². The van der Waals surface area contributed by atoms with Crippen molar-refractivity contribution < 1.29 is 24.5 Å². The molecule has 96 valence electrons. The molecular weight excluding hydrogens is 240 g/mol. The first kappa shape index (κ1) is 12.3. The van der Waals surface area contributed by atoms with Crippen LogP contribution in [-0.4, -0.2) is 57.8 Å². The van der Waals surface area contributed by atoms with Crippen LogP contribution in [0.15, 0.2) is 18.3 Å². The maximum atomic E-state index is 12.1. The van der Waals surface area contributed by atoms with Crippen LogP contribution in [0, 0.1) is 0 Å². The minimum absolute atomic E-state index is 0.0608. The summed E-state index contributed by atoms with van der Waals surface area (Å²) >= 11 is 0. The van der Waals surface area contributed by atoms with Gasteiger partial charge in [-0.25, -0.2) is 9.78 Å². The van der Waals surface area contributed by atoms with Crippen molar-refractivity contribution in [2.45, 2.75) is 6.04 Å². The molecule has 18 heavy (non-hydrogen) atoms. The van der Waals surface area contributed by atoms with E-state index < -0.39 is 17.9 Å². The Kier molecular flexibility index (Phi) is 3.42. The number of carbonyl (C=O) groups excluding carboxylic acids is 1. The van der Waals surface area contributed by atoms with Crippen molar-refractivity contribution in [2.24, 2.45) is 0 Å². The van der Waals surface area contributed by atoms with E-state index in [0.29, 0.717) is 0 Å². The summed E-state index contributed by atoms with van der Waals surface area (Å²) in [5.74, 6) is -2.01. The van der Waals surface area contributed by atoms with Crippen molar-refractivity contribution in [2.75, 3.05) is 19.8 Å². The molecule has 0 saturated carbocycles. The standard InChI is InChI=1S/C11H12N2O5/c14-8-2-1-3-12-9(8)10(15)13-4-5-18-6-7(13)11(16)17/h1-3,7,14H,4-6H2,(H,16,17). The number of aliphatic carboxylic acids is 1. The number of carbonyl (C=O) groups is 2. The summed E-state index contributed by atoms with van der Waals surface area (Å²) in [6.45, 7) is 0.365. The van der Waals surface area contributed by atoms with Gasteiger partial charge in [0.15, 0.2) is 11.7 Å². The lowest BCUT2D eigenvalue weighted by Gasteiger charge is -2.32. The zero-order chi connectivity index (χ0) is 13.1. The number of carboxylic acid groups (broad SMARTS) is 1. The molecule has 0 aromatic carbocycles. The predicted octanol–water partition coefficient (Wildman–Crippen LogP) is -0.287. The van der Waals surface area contributed by atoms with Crippen molar-refractivity contribution in [3.8, 4) is 5.75 Å². The summed E-state index contributed by atoms with van der Waals surface area (Å²) in [5, 5.41) is 18.6. The molecule has 7 heteroatoms. The molecule has 1 aromatic heterocycles. The molecule has 1 amide bonds. The van der Waals surface area contributed by atoms with Gasteiger partial charge in [0.1, 0.15) is 5.75 Å². The quantitative estimate of drug-likeness (QED) is 0.750. The second kappa shape index (κ2) is 5.01. The van der Waals surface area contributed by atoms with Gasteiger partial charge >= 0.3 is 5.97 Å². The van der Waals surface area contributed by atoms with E-state index >= 15 is 0 Å². The highest BCUT2D eigenvalue weighted by Crippen LogP contribution is 2.18. The van der Waals surface area contributed by atoms with E-state index in [9.17, 15) is 14.7 Å². The highest BCUT2D eigenvalue weighted by atomic mass is 16.5. The van der Waals surface area contributed by atoms with Gasteiger partial charge in [-0.05, 0) is 12.1 Å². The zero-order valence-corrected chi connectivity index (χ0v) is 9.44. The number of hydrogen-bond donors (Lipinski definition) is 2. The van der Waals surface area contributed by atoms with E-state index in [0.717, 1.165) is 4.90 Å². The predicted molar refractivity (Wildman–Crippen MR) is 59.2 cm³/mol. The number of amides is 1. The zero-order valence-electron chi connectivity index (χ0n) is 9.44. The maximum absolute atomic E-state index is 12.1. The van der Waals surface area contributed by atoms with Crippen LogP contribution >= 0.6 is 0 Å². The average Bonchev–Trinajstić information content (AvgIpc) is 2.38. The largest absolute Gasteiger partial charge is 0.505 e. The molecule has 0 bridgehead atoms. The first-order chi connectivity index (χ1) is 8.61.